The Hall–Kier alpha value is -1.56. The van der Waals surface area contributed by atoms with Gasteiger partial charge in [0.25, 0.3) is 0 Å². The lowest BCUT2D eigenvalue weighted by atomic mass is 10.0. The zero-order valence-corrected chi connectivity index (χ0v) is 15.8. The second-order valence-electron chi connectivity index (χ2n) is 6.23. The van der Waals surface area contributed by atoms with Crippen LogP contribution in [0.5, 0.6) is 0 Å². The summed E-state index contributed by atoms with van der Waals surface area (Å²) in [7, 11) is 0. The molecule has 3 rings (SSSR count). The topological polar surface area (TPSA) is 59.0 Å². The lowest BCUT2D eigenvalue weighted by Crippen LogP contribution is -2.23. The SMILES string of the molecule is Cl.Cl.O=C(CCC1CCNC1)NCc1cccc(Cn2ccnc2)c1. The number of nitrogens with one attached hydrogen (secondary N) is 2. The van der Waals surface area contributed by atoms with Crippen molar-refractivity contribution in [2.24, 2.45) is 5.92 Å². The molecule has 1 aromatic carbocycles. The van der Waals surface area contributed by atoms with E-state index in [2.05, 4.69) is 33.8 Å². The molecule has 1 saturated heterocycles. The van der Waals surface area contributed by atoms with Gasteiger partial charge in [-0.25, -0.2) is 4.98 Å². The summed E-state index contributed by atoms with van der Waals surface area (Å²) in [5.74, 6) is 0.816. The van der Waals surface area contributed by atoms with Gasteiger partial charge in [0.1, 0.15) is 0 Å². The van der Waals surface area contributed by atoms with Crippen LogP contribution in [0, 0.1) is 5.92 Å². The van der Waals surface area contributed by atoms with E-state index in [0.29, 0.717) is 18.9 Å². The largest absolute Gasteiger partial charge is 0.352 e. The van der Waals surface area contributed by atoms with Crippen molar-refractivity contribution in [3.05, 3.63) is 54.1 Å². The van der Waals surface area contributed by atoms with Gasteiger partial charge in [0, 0.05) is 31.9 Å². The number of rotatable bonds is 7. The van der Waals surface area contributed by atoms with Gasteiger partial charge in [-0.05, 0) is 43.0 Å². The van der Waals surface area contributed by atoms with Crippen molar-refractivity contribution in [1.29, 1.82) is 0 Å². The van der Waals surface area contributed by atoms with Crippen LogP contribution in [0.15, 0.2) is 43.0 Å². The Balaban J connectivity index is 0.00000156. The minimum atomic E-state index is 0. The third-order valence-electron chi connectivity index (χ3n) is 4.35. The van der Waals surface area contributed by atoms with E-state index in [9.17, 15) is 4.79 Å². The maximum Gasteiger partial charge on any atom is 0.220 e. The van der Waals surface area contributed by atoms with Crippen molar-refractivity contribution in [1.82, 2.24) is 20.2 Å². The maximum atomic E-state index is 12.0. The summed E-state index contributed by atoms with van der Waals surface area (Å²) in [6.45, 7) is 3.55. The van der Waals surface area contributed by atoms with Crippen molar-refractivity contribution < 1.29 is 4.79 Å². The number of carbonyl (C=O) groups excluding carboxylic acids is 1. The van der Waals surface area contributed by atoms with E-state index >= 15 is 0 Å². The highest BCUT2D eigenvalue weighted by Gasteiger charge is 2.15. The summed E-state index contributed by atoms with van der Waals surface area (Å²) in [4.78, 5) is 16.0. The molecule has 1 aliphatic heterocycles. The summed E-state index contributed by atoms with van der Waals surface area (Å²) < 4.78 is 2.04. The van der Waals surface area contributed by atoms with E-state index in [1.54, 1.807) is 6.20 Å². The van der Waals surface area contributed by atoms with Crippen LogP contribution in [0.1, 0.15) is 30.4 Å². The molecule has 2 aromatic rings. The molecule has 138 valence electrons. The molecular formula is C18H26Cl2N4O. The molecule has 25 heavy (non-hydrogen) atoms. The Bertz CT molecular complexity index is 628. The first-order valence-corrected chi connectivity index (χ1v) is 8.30. The van der Waals surface area contributed by atoms with Crippen LogP contribution in [0.4, 0.5) is 0 Å². The van der Waals surface area contributed by atoms with Crippen LogP contribution in [0.25, 0.3) is 0 Å². The molecule has 2 N–H and O–H groups in total. The lowest BCUT2D eigenvalue weighted by molar-refractivity contribution is -0.121. The van der Waals surface area contributed by atoms with E-state index in [1.807, 2.05) is 23.2 Å². The quantitative estimate of drug-likeness (QED) is 0.771. The number of imidazole rings is 1. The van der Waals surface area contributed by atoms with Crippen LogP contribution in [0.3, 0.4) is 0 Å². The smallest absolute Gasteiger partial charge is 0.220 e. The van der Waals surface area contributed by atoms with Gasteiger partial charge in [0.15, 0.2) is 0 Å². The van der Waals surface area contributed by atoms with Gasteiger partial charge < -0.3 is 15.2 Å². The van der Waals surface area contributed by atoms with Crippen LogP contribution in [-0.4, -0.2) is 28.5 Å². The van der Waals surface area contributed by atoms with E-state index in [0.717, 1.165) is 31.6 Å². The third-order valence-corrected chi connectivity index (χ3v) is 4.35. The molecule has 0 radical (unpaired) electrons. The second-order valence-corrected chi connectivity index (χ2v) is 6.23. The van der Waals surface area contributed by atoms with Gasteiger partial charge in [-0.3, -0.25) is 4.79 Å². The first-order valence-electron chi connectivity index (χ1n) is 8.30. The predicted molar refractivity (Wildman–Crippen MR) is 104 cm³/mol. The van der Waals surface area contributed by atoms with E-state index in [-0.39, 0.29) is 30.7 Å². The molecule has 1 amide bonds. The summed E-state index contributed by atoms with van der Waals surface area (Å²) in [6, 6.07) is 8.33. The van der Waals surface area contributed by atoms with Crippen LogP contribution in [-0.2, 0) is 17.9 Å². The van der Waals surface area contributed by atoms with E-state index in [4.69, 9.17) is 0 Å². The number of amides is 1. The average molecular weight is 385 g/mol. The summed E-state index contributed by atoms with van der Waals surface area (Å²) in [6.07, 6.45) is 8.35. The van der Waals surface area contributed by atoms with E-state index < -0.39 is 0 Å². The molecule has 7 heteroatoms. The van der Waals surface area contributed by atoms with Gasteiger partial charge in [0.05, 0.1) is 6.33 Å². The molecule has 5 nitrogen and oxygen atoms in total. The highest BCUT2D eigenvalue weighted by atomic mass is 35.5. The zero-order chi connectivity index (χ0) is 15.9. The molecule has 1 unspecified atom stereocenters. The number of carbonyl (C=O) groups is 1. The summed E-state index contributed by atoms with van der Waals surface area (Å²) in [5.41, 5.74) is 2.35. The summed E-state index contributed by atoms with van der Waals surface area (Å²) >= 11 is 0. The lowest BCUT2D eigenvalue weighted by Gasteiger charge is -2.10. The molecule has 1 aliphatic rings. The van der Waals surface area contributed by atoms with Gasteiger partial charge >= 0.3 is 0 Å². The van der Waals surface area contributed by atoms with Gasteiger partial charge in [-0.1, -0.05) is 24.3 Å². The maximum absolute atomic E-state index is 12.0. The molecule has 0 aliphatic carbocycles. The van der Waals surface area contributed by atoms with Crippen molar-refractivity contribution in [3.63, 3.8) is 0 Å². The Kier molecular flexibility index (Phi) is 9.57. The Morgan fingerprint density at radius 1 is 1.32 bits per heavy atom. The first-order chi connectivity index (χ1) is 11.3. The first kappa shape index (κ1) is 21.5. The van der Waals surface area contributed by atoms with Crippen LogP contribution >= 0.6 is 24.8 Å². The van der Waals surface area contributed by atoms with Gasteiger partial charge in [0.2, 0.25) is 5.91 Å². The number of hydrogen-bond acceptors (Lipinski definition) is 3. The van der Waals surface area contributed by atoms with Gasteiger partial charge in [-0.2, -0.15) is 0 Å². The monoisotopic (exact) mass is 384 g/mol. The molecule has 1 aromatic heterocycles. The standard InChI is InChI=1S/C18H24N4O.2ClH/c23-18(5-4-15-6-7-19-11-15)21-12-16-2-1-3-17(10-16)13-22-9-8-20-14-22;;/h1-3,8-10,14-15,19H,4-7,11-13H2,(H,21,23);2*1H. The fraction of sp³-hybridized carbons (Fsp3) is 0.444. The van der Waals surface area contributed by atoms with Crippen molar-refractivity contribution in [2.75, 3.05) is 13.1 Å². The fourth-order valence-electron chi connectivity index (χ4n) is 3.01. The fourth-order valence-corrected chi connectivity index (χ4v) is 3.01. The molecule has 0 saturated carbocycles. The zero-order valence-electron chi connectivity index (χ0n) is 14.2. The van der Waals surface area contributed by atoms with Crippen molar-refractivity contribution in [2.45, 2.75) is 32.4 Å². The number of hydrogen-bond donors (Lipinski definition) is 2. The molecule has 0 bridgehead atoms. The number of benzene rings is 1. The minimum Gasteiger partial charge on any atom is -0.352 e. The highest BCUT2D eigenvalue weighted by molar-refractivity contribution is 5.85. The highest BCUT2D eigenvalue weighted by Crippen LogP contribution is 2.14. The number of halogens is 2. The molecule has 1 fully saturated rings. The number of nitrogens with zero attached hydrogens (tertiary/aromatic N) is 2. The molecular weight excluding hydrogens is 359 g/mol. The normalized spacial score (nSPS) is 15.9. The molecule has 0 spiro atoms. The number of aromatic nitrogens is 2. The van der Waals surface area contributed by atoms with Gasteiger partial charge in [-0.15, -0.1) is 24.8 Å². The summed E-state index contributed by atoms with van der Waals surface area (Å²) in [5, 5.41) is 6.37. The van der Waals surface area contributed by atoms with Crippen LogP contribution < -0.4 is 10.6 Å². The molecule has 1 atom stereocenters. The van der Waals surface area contributed by atoms with E-state index in [1.165, 1.54) is 12.0 Å². The third kappa shape index (κ3) is 7.06. The second kappa shape index (κ2) is 11.1. The Morgan fingerprint density at radius 3 is 2.88 bits per heavy atom. The van der Waals surface area contributed by atoms with Crippen molar-refractivity contribution in [3.8, 4) is 0 Å². The predicted octanol–water partition coefficient (Wildman–Crippen LogP) is 2.78. The minimum absolute atomic E-state index is 0. The Morgan fingerprint density at radius 2 is 2.16 bits per heavy atom. The van der Waals surface area contributed by atoms with Crippen LogP contribution in [0.2, 0.25) is 0 Å². The van der Waals surface area contributed by atoms with Crippen molar-refractivity contribution >= 4 is 30.7 Å². The Labute approximate surface area is 161 Å². The average Bonchev–Trinajstić information content (AvgIpc) is 3.25. The molecule has 2 heterocycles.